The van der Waals surface area contributed by atoms with Gasteiger partial charge in [-0.15, -0.1) is 0 Å². The van der Waals surface area contributed by atoms with Crippen molar-refractivity contribution in [2.45, 2.75) is 64.8 Å². The molecule has 122 valence electrons. The Kier molecular flexibility index (Phi) is 4.63. The molecule has 0 atom stereocenters. The van der Waals surface area contributed by atoms with Crippen molar-refractivity contribution >= 4 is 11.9 Å². The Hall–Kier alpha value is -1.78. The Morgan fingerprint density at radius 2 is 1.95 bits per heavy atom. The number of carbonyl (C=O) groups excluding carboxylic acids is 1. The number of aryl methyl sites for hydroxylation is 1. The predicted octanol–water partition coefficient (Wildman–Crippen LogP) is 3.47. The van der Waals surface area contributed by atoms with E-state index in [1.165, 1.54) is 0 Å². The average Bonchev–Trinajstić information content (AvgIpc) is 2.84. The summed E-state index contributed by atoms with van der Waals surface area (Å²) in [6, 6.07) is 1.72. The van der Waals surface area contributed by atoms with Gasteiger partial charge in [0, 0.05) is 5.92 Å². The second-order valence-electron chi connectivity index (χ2n) is 6.80. The summed E-state index contributed by atoms with van der Waals surface area (Å²) in [5.41, 5.74) is -0.714. The van der Waals surface area contributed by atoms with E-state index < -0.39 is 11.5 Å². The van der Waals surface area contributed by atoms with E-state index in [-0.39, 0.29) is 11.8 Å². The lowest BCUT2D eigenvalue weighted by Crippen LogP contribution is -2.56. The number of nitrogens with one attached hydrogen (secondary N) is 1. The van der Waals surface area contributed by atoms with Crippen LogP contribution in [0.25, 0.3) is 0 Å². The van der Waals surface area contributed by atoms with Crippen LogP contribution < -0.4 is 5.32 Å². The summed E-state index contributed by atoms with van der Waals surface area (Å²) < 4.78 is 5.59. The van der Waals surface area contributed by atoms with Crippen LogP contribution in [0.15, 0.2) is 10.5 Å². The van der Waals surface area contributed by atoms with E-state index in [0.29, 0.717) is 30.1 Å². The maximum Gasteiger partial charge on any atom is 0.329 e. The number of rotatable bonds is 4. The van der Waals surface area contributed by atoms with Gasteiger partial charge in [0.05, 0.1) is 5.56 Å². The van der Waals surface area contributed by atoms with Crippen LogP contribution in [0.1, 0.15) is 74.3 Å². The van der Waals surface area contributed by atoms with Gasteiger partial charge < -0.3 is 14.8 Å². The van der Waals surface area contributed by atoms with Gasteiger partial charge in [0.15, 0.2) is 0 Å². The third-order valence-electron chi connectivity index (χ3n) is 4.64. The second kappa shape index (κ2) is 6.15. The van der Waals surface area contributed by atoms with Gasteiger partial charge in [0.1, 0.15) is 17.1 Å². The summed E-state index contributed by atoms with van der Waals surface area (Å²) in [5, 5.41) is 12.4. The molecule has 5 nitrogen and oxygen atoms in total. The molecule has 1 aromatic rings. The molecule has 5 heteroatoms. The molecule has 1 heterocycles. The number of aliphatic carboxylic acids is 1. The van der Waals surface area contributed by atoms with Gasteiger partial charge in [-0.05, 0) is 44.6 Å². The monoisotopic (exact) mass is 307 g/mol. The van der Waals surface area contributed by atoms with E-state index in [4.69, 9.17) is 4.42 Å². The molecule has 1 aliphatic rings. The lowest BCUT2D eigenvalue weighted by molar-refractivity contribution is -0.146. The van der Waals surface area contributed by atoms with Crippen molar-refractivity contribution in [1.82, 2.24) is 5.32 Å². The summed E-state index contributed by atoms with van der Waals surface area (Å²) in [5.74, 6) is 0.662. The highest BCUT2D eigenvalue weighted by molar-refractivity contribution is 5.98. The molecule has 0 aromatic carbocycles. The number of carboxylic acids is 1. The van der Waals surface area contributed by atoms with Crippen molar-refractivity contribution in [3.63, 3.8) is 0 Å². The van der Waals surface area contributed by atoms with Crippen molar-refractivity contribution in [1.29, 1.82) is 0 Å². The summed E-state index contributed by atoms with van der Waals surface area (Å²) in [6.07, 6.45) is 2.58. The highest BCUT2D eigenvalue weighted by Gasteiger charge is 2.43. The van der Waals surface area contributed by atoms with Gasteiger partial charge in [-0.2, -0.15) is 0 Å². The number of furan rings is 1. The van der Waals surface area contributed by atoms with Crippen LogP contribution in [0, 0.1) is 12.8 Å². The number of carboxylic acid groups (broad SMARTS) is 1. The number of hydrogen-bond acceptors (Lipinski definition) is 3. The molecular formula is C17H25NO4. The van der Waals surface area contributed by atoms with Crippen molar-refractivity contribution in [3.05, 3.63) is 23.2 Å². The third-order valence-corrected chi connectivity index (χ3v) is 4.64. The van der Waals surface area contributed by atoms with Crippen LogP contribution in [0.2, 0.25) is 0 Å². The van der Waals surface area contributed by atoms with Crippen molar-refractivity contribution in [2.75, 3.05) is 0 Å². The van der Waals surface area contributed by atoms with E-state index >= 15 is 0 Å². The molecule has 22 heavy (non-hydrogen) atoms. The normalized spacial score (nSPS) is 25.2. The molecule has 0 saturated heterocycles. The largest absolute Gasteiger partial charge is 0.480 e. The SMILES string of the molecule is Cc1oc(C(C)C)cc1C(=O)NC1(C(=O)O)CCC(C)CC1. The van der Waals surface area contributed by atoms with E-state index in [1.54, 1.807) is 13.0 Å². The van der Waals surface area contributed by atoms with Gasteiger partial charge >= 0.3 is 5.97 Å². The van der Waals surface area contributed by atoms with E-state index in [0.717, 1.165) is 18.6 Å². The summed E-state index contributed by atoms with van der Waals surface area (Å²) in [6.45, 7) is 7.82. The smallest absolute Gasteiger partial charge is 0.329 e. The Bertz CT molecular complexity index is 565. The molecule has 1 amide bonds. The fourth-order valence-electron chi connectivity index (χ4n) is 2.95. The minimum Gasteiger partial charge on any atom is -0.480 e. The first-order valence-corrected chi connectivity index (χ1v) is 7.91. The zero-order valence-electron chi connectivity index (χ0n) is 13.7. The molecule has 0 aliphatic heterocycles. The first-order chi connectivity index (χ1) is 10.2. The van der Waals surface area contributed by atoms with E-state index in [9.17, 15) is 14.7 Å². The van der Waals surface area contributed by atoms with Crippen molar-refractivity contribution in [2.24, 2.45) is 5.92 Å². The van der Waals surface area contributed by atoms with Gasteiger partial charge in [0.25, 0.3) is 5.91 Å². The van der Waals surface area contributed by atoms with Gasteiger partial charge in [-0.1, -0.05) is 20.8 Å². The first kappa shape index (κ1) is 16.6. The first-order valence-electron chi connectivity index (χ1n) is 7.91. The van der Waals surface area contributed by atoms with Gasteiger partial charge in [-0.25, -0.2) is 4.79 Å². The molecule has 0 radical (unpaired) electrons. The predicted molar refractivity (Wildman–Crippen MR) is 83.0 cm³/mol. The fourth-order valence-corrected chi connectivity index (χ4v) is 2.95. The minimum absolute atomic E-state index is 0.184. The molecule has 2 N–H and O–H groups in total. The van der Waals surface area contributed by atoms with E-state index in [2.05, 4.69) is 12.2 Å². The topological polar surface area (TPSA) is 79.5 Å². The van der Waals surface area contributed by atoms with Crippen molar-refractivity contribution < 1.29 is 19.1 Å². The Morgan fingerprint density at radius 3 is 2.41 bits per heavy atom. The molecule has 0 spiro atoms. The van der Waals surface area contributed by atoms with Crippen LogP contribution in [-0.4, -0.2) is 22.5 Å². The molecule has 1 aromatic heterocycles. The quantitative estimate of drug-likeness (QED) is 0.892. The van der Waals surface area contributed by atoms with Crippen LogP contribution in [0.3, 0.4) is 0 Å². The van der Waals surface area contributed by atoms with Gasteiger partial charge in [0.2, 0.25) is 0 Å². The number of hydrogen-bond donors (Lipinski definition) is 2. The van der Waals surface area contributed by atoms with Crippen molar-refractivity contribution in [3.8, 4) is 0 Å². The maximum atomic E-state index is 12.5. The molecule has 1 fully saturated rings. The molecule has 0 unspecified atom stereocenters. The number of carbonyl (C=O) groups is 2. The second-order valence-corrected chi connectivity index (χ2v) is 6.80. The number of amides is 1. The summed E-state index contributed by atoms with van der Waals surface area (Å²) in [4.78, 5) is 24.2. The van der Waals surface area contributed by atoms with Crippen LogP contribution in [-0.2, 0) is 4.79 Å². The van der Waals surface area contributed by atoms with Crippen LogP contribution in [0.4, 0.5) is 0 Å². The summed E-state index contributed by atoms with van der Waals surface area (Å²) in [7, 11) is 0. The highest BCUT2D eigenvalue weighted by Crippen LogP contribution is 2.33. The Morgan fingerprint density at radius 1 is 1.36 bits per heavy atom. The van der Waals surface area contributed by atoms with Gasteiger partial charge in [-0.3, -0.25) is 4.79 Å². The zero-order valence-corrected chi connectivity index (χ0v) is 13.7. The van der Waals surface area contributed by atoms with E-state index in [1.807, 2.05) is 13.8 Å². The fraction of sp³-hybridized carbons (Fsp3) is 0.647. The highest BCUT2D eigenvalue weighted by atomic mass is 16.4. The minimum atomic E-state index is -1.15. The molecular weight excluding hydrogens is 282 g/mol. The Balaban J connectivity index is 2.20. The lowest BCUT2D eigenvalue weighted by Gasteiger charge is -2.36. The third kappa shape index (κ3) is 3.18. The molecule has 2 rings (SSSR count). The zero-order chi connectivity index (χ0) is 16.5. The maximum absolute atomic E-state index is 12.5. The van der Waals surface area contributed by atoms with Crippen LogP contribution >= 0.6 is 0 Å². The Labute approximate surface area is 131 Å². The standard InChI is InChI=1S/C17H25NO4/c1-10(2)14-9-13(12(4)22-14)15(19)18-17(16(20)21)7-5-11(3)6-8-17/h9-11H,5-8H2,1-4H3,(H,18,19)(H,20,21). The van der Waals surface area contributed by atoms with Crippen LogP contribution in [0.5, 0.6) is 0 Å². The lowest BCUT2D eigenvalue weighted by atomic mass is 9.77. The molecule has 0 bridgehead atoms. The molecule has 1 aliphatic carbocycles. The average molecular weight is 307 g/mol. The molecule has 1 saturated carbocycles. The summed E-state index contributed by atoms with van der Waals surface area (Å²) >= 11 is 0.